The quantitative estimate of drug-likeness (QED) is 0.780. The van der Waals surface area contributed by atoms with Crippen LogP contribution >= 0.6 is 0 Å². The number of likely N-dealkylation sites (N-methyl/N-ethyl adjacent to an activating group) is 1. The molecule has 154 valence electrons. The van der Waals surface area contributed by atoms with Crippen LogP contribution in [0.25, 0.3) is 0 Å². The zero-order valence-corrected chi connectivity index (χ0v) is 17.0. The van der Waals surface area contributed by atoms with E-state index >= 15 is 0 Å². The van der Waals surface area contributed by atoms with Crippen LogP contribution < -0.4 is 10.2 Å². The summed E-state index contributed by atoms with van der Waals surface area (Å²) in [5.74, 6) is 0.455. The number of nitrogens with one attached hydrogen (secondary N) is 1. The molecule has 1 aliphatic heterocycles. The number of hydrogen-bond acceptors (Lipinski definition) is 4. The summed E-state index contributed by atoms with van der Waals surface area (Å²) in [5.41, 5.74) is 1.90. The Morgan fingerprint density at radius 2 is 1.79 bits per heavy atom. The summed E-state index contributed by atoms with van der Waals surface area (Å²) < 4.78 is 5.38. The second-order valence-electron chi connectivity index (χ2n) is 7.81. The van der Waals surface area contributed by atoms with E-state index in [9.17, 15) is 9.59 Å². The number of nitrogens with zero attached hydrogens (tertiary/aromatic N) is 2. The highest BCUT2D eigenvalue weighted by Crippen LogP contribution is 2.27. The molecule has 0 unspecified atom stereocenters. The molecule has 2 aliphatic rings. The maximum absolute atomic E-state index is 12.6. The first-order chi connectivity index (χ1) is 13.7. The molecule has 1 N–H and O–H groups in total. The van der Waals surface area contributed by atoms with Crippen LogP contribution in [-0.4, -0.2) is 56.1 Å². The van der Waals surface area contributed by atoms with E-state index in [1.54, 1.807) is 4.90 Å². The van der Waals surface area contributed by atoms with Crippen molar-refractivity contribution < 1.29 is 14.3 Å². The molecule has 28 heavy (non-hydrogen) atoms. The van der Waals surface area contributed by atoms with Crippen molar-refractivity contribution in [3.63, 3.8) is 0 Å². The average molecular weight is 388 g/mol. The van der Waals surface area contributed by atoms with E-state index in [1.807, 2.05) is 31.2 Å². The van der Waals surface area contributed by atoms with Gasteiger partial charge in [0, 0.05) is 37.4 Å². The Morgan fingerprint density at radius 1 is 1.11 bits per heavy atom. The Hall–Kier alpha value is -2.08. The summed E-state index contributed by atoms with van der Waals surface area (Å²) >= 11 is 0. The van der Waals surface area contributed by atoms with Crippen molar-refractivity contribution in [3.8, 4) is 0 Å². The molecule has 1 aromatic carbocycles. The smallest absolute Gasteiger partial charge is 0.243 e. The first kappa shape index (κ1) is 20.6. The highest BCUT2D eigenvalue weighted by Gasteiger charge is 2.22. The van der Waals surface area contributed by atoms with Gasteiger partial charge in [-0.2, -0.15) is 0 Å². The molecule has 1 aromatic rings. The summed E-state index contributed by atoms with van der Waals surface area (Å²) in [7, 11) is 0. The Bertz CT molecular complexity index is 635. The first-order valence-corrected chi connectivity index (χ1v) is 10.7. The van der Waals surface area contributed by atoms with Gasteiger partial charge in [0.05, 0.1) is 19.8 Å². The number of amides is 2. The predicted octanol–water partition coefficient (Wildman–Crippen LogP) is 3.28. The molecule has 1 heterocycles. The fourth-order valence-electron chi connectivity index (χ4n) is 4.09. The van der Waals surface area contributed by atoms with Gasteiger partial charge in [-0.3, -0.25) is 9.59 Å². The lowest BCUT2D eigenvalue weighted by Crippen LogP contribution is -2.38. The fraction of sp³-hybridized carbons (Fsp3) is 0.636. The number of carbonyl (C=O) groups is 2. The third-order valence-electron chi connectivity index (χ3n) is 5.78. The number of rotatable bonds is 7. The molecular formula is C22H33N3O3. The number of ether oxygens (including phenoxy) is 1. The van der Waals surface area contributed by atoms with Gasteiger partial charge < -0.3 is 19.9 Å². The van der Waals surface area contributed by atoms with Crippen LogP contribution in [-0.2, 0) is 14.3 Å². The third kappa shape index (κ3) is 5.96. The van der Waals surface area contributed by atoms with Crippen molar-refractivity contribution in [2.24, 2.45) is 5.92 Å². The number of hydrogen-bond donors (Lipinski definition) is 1. The minimum Gasteiger partial charge on any atom is -0.378 e. The monoisotopic (exact) mass is 387 g/mol. The van der Waals surface area contributed by atoms with Gasteiger partial charge in [-0.05, 0) is 49.9 Å². The van der Waals surface area contributed by atoms with E-state index < -0.39 is 0 Å². The maximum atomic E-state index is 12.6. The molecule has 6 heteroatoms. The second-order valence-corrected chi connectivity index (χ2v) is 7.81. The summed E-state index contributed by atoms with van der Waals surface area (Å²) in [5, 5.41) is 2.92. The topological polar surface area (TPSA) is 61.9 Å². The molecule has 0 aromatic heterocycles. The highest BCUT2D eigenvalue weighted by molar-refractivity contribution is 5.94. The molecule has 3 rings (SSSR count). The summed E-state index contributed by atoms with van der Waals surface area (Å²) in [4.78, 5) is 29.0. The van der Waals surface area contributed by atoms with Crippen molar-refractivity contribution >= 4 is 23.2 Å². The van der Waals surface area contributed by atoms with Crippen LogP contribution in [0.5, 0.6) is 0 Å². The first-order valence-electron chi connectivity index (χ1n) is 10.7. The van der Waals surface area contributed by atoms with E-state index in [1.165, 1.54) is 19.3 Å². The van der Waals surface area contributed by atoms with Crippen LogP contribution in [0.1, 0.15) is 45.4 Å². The maximum Gasteiger partial charge on any atom is 0.243 e. The summed E-state index contributed by atoms with van der Waals surface area (Å²) in [6.07, 6.45) is 6.61. The summed E-state index contributed by atoms with van der Waals surface area (Å²) in [6, 6.07) is 7.88. The fourth-order valence-corrected chi connectivity index (χ4v) is 4.09. The van der Waals surface area contributed by atoms with Crippen molar-refractivity contribution in [1.82, 2.24) is 4.90 Å². The van der Waals surface area contributed by atoms with Crippen LogP contribution in [0, 0.1) is 5.92 Å². The predicted molar refractivity (Wildman–Crippen MR) is 112 cm³/mol. The van der Waals surface area contributed by atoms with Crippen LogP contribution in [0.4, 0.5) is 11.4 Å². The number of carbonyl (C=O) groups excluding carboxylic acids is 2. The van der Waals surface area contributed by atoms with E-state index in [0.717, 1.165) is 50.5 Å². The largest absolute Gasteiger partial charge is 0.378 e. The number of anilines is 2. The van der Waals surface area contributed by atoms with Gasteiger partial charge in [0.15, 0.2) is 0 Å². The standard InChI is InChI=1S/C22H33N3O3/c1-2-24(22(27)16-18-6-4-3-5-7-18)17-21(26)23-19-8-10-20(11-9-19)25-12-14-28-15-13-25/h8-11,18H,2-7,12-17H2,1H3,(H,23,26). The van der Waals surface area contributed by atoms with Gasteiger partial charge in [-0.1, -0.05) is 19.3 Å². The summed E-state index contributed by atoms with van der Waals surface area (Å²) in [6.45, 7) is 5.90. The van der Waals surface area contributed by atoms with E-state index in [-0.39, 0.29) is 18.4 Å². The van der Waals surface area contributed by atoms with Crippen molar-refractivity contribution in [1.29, 1.82) is 0 Å². The molecule has 1 saturated carbocycles. The number of morpholine rings is 1. The van der Waals surface area contributed by atoms with E-state index in [4.69, 9.17) is 4.74 Å². The molecule has 0 spiro atoms. The van der Waals surface area contributed by atoms with Crippen molar-refractivity contribution in [2.75, 3.05) is 49.6 Å². The molecule has 2 fully saturated rings. The lowest BCUT2D eigenvalue weighted by molar-refractivity contribution is -0.135. The van der Waals surface area contributed by atoms with Gasteiger partial charge >= 0.3 is 0 Å². The molecule has 0 radical (unpaired) electrons. The Kier molecular flexibility index (Phi) is 7.71. The van der Waals surface area contributed by atoms with Crippen molar-refractivity contribution in [3.05, 3.63) is 24.3 Å². The molecule has 0 atom stereocenters. The lowest BCUT2D eigenvalue weighted by Gasteiger charge is -2.29. The van der Waals surface area contributed by atoms with Gasteiger partial charge in [-0.15, -0.1) is 0 Å². The van der Waals surface area contributed by atoms with Crippen LogP contribution in [0.15, 0.2) is 24.3 Å². The molecule has 0 bridgehead atoms. The van der Waals surface area contributed by atoms with Gasteiger partial charge in [0.2, 0.25) is 11.8 Å². The zero-order valence-electron chi connectivity index (χ0n) is 17.0. The second kappa shape index (κ2) is 10.5. The normalized spacial score (nSPS) is 18.0. The lowest BCUT2D eigenvalue weighted by atomic mass is 9.86. The SMILES string of the molecule is CCN(CC(=O)Nc1ccc(N2CCOCC2)cc1)C(=O)CC1CCCCC1. The van der Waals surface area contributed by atoms with E-state index in [2.05, 4.69) is 10.2 Å². The van der Waals surface area contributed by atoms with E-state index in [0.29, 0.717) is 18.9 Å². The third-order valence-corrected chi connectivity index (χ3v) is 5.78. The zero-order chi connectivity index (χ0) is 19.8. The highest BCUT2D eigenvalue weighted by atomic mass is 16.5. The minimum absolute atomic E-state index is 0.104. The Morgan fingerprint density at radius 3 is 2.43 bits per heavy atom. The Labute approximate surface area is 168 Å². The van der Waals surface area contributed by atoms with Gasteiger partial charge in [0.1, 0.15) is 0 Å². The van der Waals surface area contributed by atoms with Crippen LogP contribution in [0.3, 0.4) is 0 Å². The molecule has 1 aliphatic carbocycles. The van der Waals surface area contributed by atoms with Gasteiger partial charge in [-0.25, -0.2) is 0 Å². The molecule has 2 amide bonds. The molecular weight excluding hydrogens is 354 g/mol. The van der Waals surface area contributed by atoms with Gasteiger partial charge in [0.25, 0.3) is 0 Å². The average Bonchev–Trinajstić information content (AvgIpc) is 2.74. The number of benzene rings is 1. The Balaban J connectivity index is 1.48. The van der Waals surface area contributed by atoms with Crippen molar-refractivity contribution in [2.45, 2.75) is 45.4 Å². The molecule has 6 nitrogen and oxygen atoms in total. The minimum atomic E-state index is -0.141. The molecule has 1 saturated heterocycles. The van der Waals surface area contributed by atoms with Crippen LogP contribution in [0.2, 0.25) is 0 Å².